The van der Waals surface area contributed by atoms with Gasteiger partial charge in [-0.15, -0.1) is 0 Å². The SMILES string of the molecule is CN1CC2CC1CN2. The predicted molar refractivity (Wildman–Crippen MR) is 32.8 cm³/mol. The van der Waals surface area contributed by atoms with Gasteiger partial charge >= 0.3 is 0 Å². The summed E-state index contributed by atoms with van der Waals surface area (Å²) in [6.07, 6.45) is 1.39. The summed E-state index contributed by atoms with van der Waals surface area (Å²) in [5.41, 5.74) is 0. The van der Waals surface area contributed by atoms with Gasteiger partial charge in [0.15, 0.2) is 0 Å². The molecule has 2 heterocycles. The van der Waals surface area contributed by atoms with Crippen molar-refractivity contribution in [2.75, 3.05) is 20.1 Å². The molecule has 1 N–H and O–H groups in total. The molecule has 2 atom stereocenters. The van der Waals surface area contributed by atoms with Gasteiger partial charge in [-0.05, 0) is 13.5 Å². The minimum Gasteiger partial charge on any atom is -0.311 e. The first kappa shape index (κ1) is 4.77. The average Bonchev–Trinajstić information content (AvgIpc) is 2.23. The Labute approximate surface area is 49.9 Å². The third-order valence-electron chi connectivity index (χ3n) is 2.33. The first-order valence-corrected chi connectivity index (χ1v) is 3.30. The van der Waals surface area contributed by atoms with Gasteiger partial charge in [-0.25, -0.2) is 0 Å². The molecule has 46 valence electrons. The van der Waals surface area contributed by atoms with Crippen LogP contribution in [0.4, 0.5) is 0 Å². The van der Waals surface area contributed by atoms with Crippen molar-refractivity contribution in [1.82, 2.24) is 10.2 Å². The molecule has 2 heteroatoms. The van der Waals surface area contributed by atoms with Crippen molar-refractivity contribution in [1.29, 1.82) is 0 Å². The zero-order valence-corrected chi connectivity index (χ0v) is 5.22. The molecule has 2 aliphatic rings. The molecule has 0 amide bonds. The third kappa shape index (κ3) is 0.501. The number of nitrogens with one attached hydrogen (secondary N) is 1. The molecule has 2 saturated heterocycles. The quantitative estimate of drug-likeness (QED) is 0.461. The van der Waals surface area contributed by atoms with Crippen LogP contribution in [0.3, 0.4) is 0 Å². The molecule has 0 aromatic rings. The molecule has 0 aromatic carbocycles. The Kier molecular flexibility index (Phi) is 0.866. The summed E-state index contributed by atoms with van der Waals surface area (Å²) in [5.74, 6) is 0. The maximum absolute atomic E-state index is 3.44. The van der Waals surface area contributed by atoms with Gasteiger partial charge in [-0.2, -0.15) is 0 Å². The van der Waals surface area contributed by atoms with E-state index in [1.807, 2.05) is 0 Å². The van der Waals surface area contributed by atoms with Gasteiger partial charge in [0.25, 0.3) is 0 Å². The van der Waals surface area contributed by atoms with Crippen LogP contribution in [0.2, 0.25) is 0 Å². The monoisotopic (exact) mass is 112 g/mol. The normalized spacial score (nSPS) is 46.1. The molecule has 0 spiro atoms. The summed E-state index contributed by atoms with van der Waals surface area (Å²) in [4.78, 5) is 2.45. The number of likely N-dealkylation sites (tertiary alicyclic amines) is 1. The van der Waals surface area contributed by atoms with Crippen LogP contribution in [0, 0.1) is 0 Å². The van der Waals surface area contributed by atoms with E-state index in [1.165, 1.54) is 19.5 Å². The van der Waals surface area contributed by atoms with Gasteiger partial charge in [0.05, 0.1) is 0 Å². The van der Waals surface area contributed by atoms with Crippen LogP contribution in [0.1, 0.15) is 6.42 Å². The van der Waals surface area contributed by atoms with E-state index in [0.29, 0.717) is 0 Å². The van der Waals surface area contributed by atoms with Gasteiger partial charge < -0.3 is 10.2 Å². The minimum absolute atomic E-state index is 0.824. The van der Waals surface area contributed by atoms with Crippen LogP contribution in [0.15, 0.2) is 0 Å². The van der Waals surface area contributed by atoms with E-state index >= 15 is 0 Å². The van der Waals surface area contributed by atoms with Crippen molar-refractivity contribution in [2.24, 2.45) is 0 Å². The van der Waals surface area contributed by atoms with Crippen molar-refractivity contribution in [2.45, 2.75) is 18.5 Å². The Morgan fingerprint density at radius 3 is 2.75 bits per heavy atom. The molecular weight excluding hydrogens is 100 g/mol. The van der Waals surface area contributed by atoms with Crippen LogP contribution in [-0.2, 0) is 0 Å². The highest BCUT2D eigenvalue weighted by Gasteiger charge is 2.34. The van der Waals surface area contributed by atoms with E-state index in [0.717, 1.165) is 12.1 Å². The Bertz CT molecular complexity index is 101. The number of rotatable bonds is 0. The van der Waals surface area contributed by atoms with E-state index in [2.05, 4.69) is 17.3 Å². The minimum atomic E-state index is 0.824. The van der Waals surface area contributed by atoms with Crippen molar-refractivity contribution in [3.63, 3.8) is 0 Å². The number of likely N-dealkylation sites (N-methyl/N-ethyl adjacent to an activating group) is 1. The number of hydrogen-bond acceptors (Lipinski definition) is 2. The fourth-order valence-corrected chi connectivity index (χ4v) is 1.77. The number of nitrogens with zero attached hydrogens (tertiary/aromatic N) is 1. The van der Waals surface area contributed by atoms with Crippen molar-refractivity contribution in [3.05, 3.63) is 0 Å². The second-order valence-electron chi connectivity index (χ2n) is 2.93. The summed E-state index contributed by atoms with van der Waals surface area (Å²) in [7, 11) is 2.21. The molecule has 8 heavy (non-hydrogen) atoms. The predicted octanol–water partition coefficient (Wildman–Crippen LogP) is -0.338. The maximum atomic E-state index is 3.44. The maximum Gasteiger partial charge on any atom is 0.0233 e. The summed E-state index contributed by atoms with van der Waals surface area (Å²) in [6, 6.07) is 1.69. The standard InChI is InChI=1S/C6H12N2/c1-8-4-5-2-6(8)3-7-5/h5-7H,2-4H2,1H3. The van der Waals surface area contributed by atoms with Gasteiger partial charge in [0, 0.05) is 25.2 Å². The molecule has 0 aromatic heterocycles. The van der Waals surface area contributed by atoms with Gasteiger partial charge in [0.1, 0.15) is 0 Å². The van der Waals surface area contributed by atoms with Gasteiger partial charge in [0.2, 0.25) is 0 Å². The van der Waals surface area contributed by atoms with Gasteiger partial charge in [-0.1, -0.05) is 0 Å². The first-order valence-electron chi connectivity index (χ1n) is 3.30. The lowest BCUT2D eigenvalue weighted by atomic mass is 10.2. The largest absolute Gasteiger partial charge is 0.311 e. The Morgan fingerprint density at radius 1 is 1.62 bits per heavy atom. The molecule has 2 fully saturated rings. The van der Waals surface area contributed by atoms with Crippen LogP contribution in [0.25, 0.3) is 0 Å². The van der Waals surface area contributed by atoms with E-state index in [-0.39, 0.29) is 0 Å². The van der Waals surface area contributed by atoms with Crippen LogP contribution < -0.4 is 5.32 Å². The fraction of sp³-hybridized carbons (Fsp3) is 1.00. The van der Waals surface area contributed by atoms with Crippen molar-refractivity contribution < 1.29 is 0 Å². The lowest BCUT2D eigenvalue weighted by Gasteiger charge is -2.21. The van der Waals surface area contributed by atoms with E-state index in [1.54, 1.807) is 0 Å². The Morgan fingerprint density at radius 2 is 2.50 bits per heavy atom. The average molecular weight is 112 g/mol. The number of hydrogen-bond donors (Lipinski definition) is 1. The molecule has 2 nitrogen and oxygen atoms in total. The summed E-state index contributed by atoms with van der Waals surface area (Å²) in [5, 5.41) is 3.44. The smallest absolute Gasteiger partial charge is 0.0233 e. The Hall–Kier alpha value is -0.0800. The lowest BCUT2D eigenvalue weighted by Crippen LogP contribution is -2.41. The summed E-state index contributed by atoms with van der Waals surface area (Å²) < 4.78 is 0. The van der Waals surface area contributed by atoms with E-state index in [9.17, 15) is 0 Å². The first-order chi connectivity index (χ1) is 3.86. The second kappa shape index (κ2) is 1.45. The molecule has 2 unspecified atom stereocenters. The molecule has 2 aliphatic heterocycles. The van der Waals surface area contributed by atoms with Crippen LogP contribution >= 0.6 is 0 Å². The van der Waals surface area contributed by atoms with Crippen LogP contribution in [-0.4, -0.2) is 37.1 Å². The number of piperazine rings is 1. The third-order valence-corrected chi connectivity index (χ3v) is 2.33. The van der Waals surface area contributed by atoms with E-state index in [4.69, 9.17) is 0 Å². The molecule has 2 bridgehead atoms. The highest BCUT2D eigenvalue weighted by Crippen LogP contribution is 2.20. The van der Waals surface area contributed by atoms with Crippen molar-refractivity contribution >= 4 is 0 Å². The zero-order chi connectivity index (χ0) is 5.56. The molecule has 0 saturated carbocycles. The topological polar surface area (TPSA) is 15.3 Å². The fourth-order valence-electron chi connectivity index (χ4n) is 1.77. The van der Waals surface area contributed by atoms with E-state index < -0.39 is 0 Å². The molecule has 2 rings (SSSR count). The highest BCUT2D eigenvalue weighted by atomic mass is 15.3. The number of fused-ring (bicyclic) bond motifs is 2. The van der Waals surface area contributed by atoms with Crippen molar-refractivity contribution in [3.8, 4) is 0 Å². The van der Waals surface area contributed by atoms with Gasteiger partial charge in [-0.3, -0.25) is 0 Å². The zero-order valence-electron chi connectivity index (χ0n) is 5.22. The second-order valence-corrected chi connectivity index (χ2v) is 2.93. The molecule has 0 aliphatic carbocycles. The lowest BCUT2D eigenvalue weighted by molar-refractivity contribution is 0.276. The highest BCUT2D eigenvalue weighted by molar-refractivity contribution is 4.95. The van der Waals surface area contributed by atoms with Crippen LogP contribution in [0.5, 0.6) is 0 Å². The Balaban J connectivity index is 2.11. The summed E-state index contributed by atoms with van der Waals surface area (Å²) in [6.45, 7) is 2.49. The summed E-state index contributed by atoms with van der Waals surface area (Å²) >= 11 is 0. The molecule has 0 radical (unpaired) electrons. The molecular formula is C6H12N2.